The molecule has 2 fully saturated rings. The van der Waals surface area contributed by atoms with Crippen molar-refractivity contribution in [3.05, 3.63) is 0 Å². The highest BCUT2D eigenvalue weighted by Gasteiger charge is 2.65. The van der Waals surface area contributed by atoms with Crippen LogP contribution in [0.15, 0.2) is 0 Å². The topological polar surface area (TPSA) is 20.3 Å². The average molecular weight is 285 g/mol. The van der Waals surface area contributed by atoms with E-state index in [1.807, 2.05) is 0 Å². The molecule has 1 saturated carbocycles. The van der Waals surface area contributed by atoms with Crippen LogP contribution in [0.25, 0.3) is 0 Å². The van der Waals surface area contributed by atoms with Gasteiger partial charge in [-0.25, -0.2) is 0 Å². The molecule has 1 aliphatic heterocycles. The van der Waals surface area contributed by atoms with E-state index < -0.39 is 24.0 Å². The predicted octanol–water partition coefficient (Wildman–Crippen LogP) is 3.37. The third-order valence-electron chi connectivity index (χ3n) is 4.13. The largest absolute Gasteiger partial charge is 0.463 e. The molecule has 1 amide bonds. The van der Waals surface area contributed by atoms with E-state index in [2.05, 4.69) is 0 Å². The Kier molecular flexibility index (Phi) is 3.75. The summed E-state index contributed by atoms with van der Waals surface area (Å²) in [5.41, 5.74) is 0. The summed E-state index contributed by atoms with van der Waals surface area (Å²) in [4.78, 5) is 12.3. The first-order valence-corrected chi connectivity index (χ1v) is 6.51. The summed E-state index contributed by atoms with van der Waals surface area (Å²) in [6.07, 6.45) is -1.24. The molecule has 2 nitrogen and oxygen atoms in total. The van der Waals surface area contributed by atoms with E-state index in [-0.39, 0.29) is 12.5 Å². The second kappa shape index (κ2) is 4.90. The number of likely N-dealkylation sites (tertiary alicyclic amines) is 1. The van der Waals surface area contributed by atoms with Crippen LogP contribution in [-0.2, 0) is 4.79 Å². The van der Waals surface area contributed by atoms with Gasteiger partial charge in [-0.2, -0.15) is 22.0 Å². The highest BCUT2D eigenvalue weighted by Crippen LogP contribution is 2.41. The van der Waals surface area contributed by atoms with Gasteiger partial charge in [-0.05, 0) is 31.6 Å². The zero-order valence-electron chi connectivity index (χ0n) is 10.3. The Labute approximate surface area is 107 Å². The molecule has 0 aromatic rings. The molecule has 110 valence electrons. The first-order chi connectivity index (χ1) is 8.75. The minimum Gasteiger partial charge on any atom is -0.334 e. The van der Waals surface area contributed by atoms with Crippen molar-refractivity contribution >= 4 is 5.91 Å². The Balaban J connectivity index is 2.13. The summed E-state index contributed by atoms with van der Waals surface area (Å²) in [7, 11) is 0. The van der Waals surface area contributed by atoms with E-state index in [1.54, 1.807) is 0 Å². The second-order valence-corrected chi connectivity index (χ2v) is 5.32. The Morgan fingerprint density at radius 2 is 1.53 bits per heavy atom. The molecule has 7 heteroatoms. The fraction of sp³-hybridized carbons (Fsp3) is 0.917. The molecule has 1 atom stereocenters. The molecule has 0 aromatic heterocycles. The quantitative estimate of drug-likeness (QED) is 0.712. The van der Waals surface area contributed by atoms with Crippen LogP contribution in [-0.4, -0.2) is 35.5 Å². The number of rotatable bonds is 2. The van der Waals surface area contributed by atoms with Crippen molar-refractivity contribution in [1.29, 1.82) is 0 Å². The van der Waals surface area contributed by atoms with Crippen LogP contribution in [0.4, 0.5) is 22.0 Å². The molecule has 1 unspecified atom stereocenters. The summed E-state index contributed by atoms with van der Waals surface area (Å²) < 4.78 is 63.0. The average Bonchev–Trinajstić information content (AvgIpc) is 2.96. The SMILES string of the molecule is O=C(N1CCCC1C1CCCC1)C(F)(F)C(F)(F)F. The number of halogens is 5. The lowest BCUT2D eigenvalue weighted by molar-refractivity contribution is -0.275. The lowest BCUT2D eigenvalue weighted by Crippen LogP contribution is -2.54. The van der Waals surface area contributed by atoms with Crippen LogP contribution >= 0.6 is 0 Å². The van der Waals surface area contributed by atoms with Crippen LogP contribution in [0.2, 0.25) is 0 Å². The smallest absolute Gasteiger partial charge is 0.334 e. The van der Waals surface area contributed by atoms with Crippen LogP contribution < -0.4 is 0 Å². The Morgan fingerprint density at radius 3 is 2.05 bits per heavy atom. The molecule has 1 aliphatic carbocycles. The number of carbonyl (C=O) groups is 1. The normalized spacial score (nSPS) is 26.2. The standard InChI is InChI=1S/C12H16F5NO/c13-11(14,12(15,16)17)10(19)18-7-3-6-9(18)8-4-1-2-5-8/h8-9H,1-7H2. The minimum absolute atomic E-state index is 0.00562. The summed E-state index contributed by atoms with van der Waals surface area (Å²) in [5.74, 6) is -7.27. The highest BCUT2D eigenvalue weighted by atomic mass is 19.4. The van der Waals surface area contributed by atoms with Crippen molar-refractivity contribution < 1.29 is 26.7 Å². The van der Waals surface area contributed by atoms with Crippen molar-refractivity contribution in [3.63, 3.8) is 0 Å². The third kappa shape index (κ3) is 2.56. The van der Waals surface area contributed by atoms with Crippen molar-refractivity contribution in [1.82, 2.24) is 4.90 Å². The van der Waals surface area contributed by atoms with Crippen LogP contribution in [0.1, 0.15) is 38.5 Å². The monoisotopic (exact) mass is 285 g/mol. The maximum Gasteiger partial charge on any atom is 0.463 e. The van der Waals surface area contributed by atoms with Gasteiger partial charge in [0.05, 0.1) is 0 Å². The zero-order chi connectivity index (χ0) is 14.3. The van der Waals surface area contributed by atoms with Gasteiger partial charge in [0.25, 0.3) is 0 Å². The van der Waals surface area contributed by atoms with Gasteiger partial charge in [-0.1, -0.05) is 12.8 Å². The second-order valence-electron chi connectivity index (χ2n) is 5.32. The molecule has 0 N–H and O–H groups in total. The minimum atomic E-state index is -5.81. The Morgan fingerprint density at radius 1 is 0.947 bits per heavy atom. The summed E-state index contributed by atoms with van der Waals surface area (Å²) in [6, 6.07) is -0.441. The van der Waals surface area contributed by atoms with Gasteiger partial charge in [0.15, 0.2) is 0 Å². The summed E-state index contributed by atoms with van der Waals surface area (Å²) >= 11 is 0. The molecular formula is C12H16F5NO. The van der Waals surface area contributed by atoms with Crippen molar-refractivity contribution in [3.8, 4) is 0 Å². The molecule has 0 radical (unpaired) electrons. The van der Waals surface area contributed by atoms with Gasteiger partial charge in [0.2, 0.25) is 0 Å². The van der Waals surface area contributed by atoms with Crippen molar-refractivity contribution in [2.45, 2.75) is 56.7 Å². The number of nitrogens with zero attached hydrogens (tertiary/aromatic N) is 1. The van der Waals surface area contributed by atoms with Crippen molar-refractivity contribution in [2.75, 3.05) is 6.54 Å². The summed E-state index contributed by atoms with van der Waals surface area (Å²) in [5, 5.41) is 0. The van der Waals surface area contributed by atoms with Gasteiger partial charge < -0.3 is 4.90 Å². The Bertz CT molecular complexity index is 349. The molecule has 0 aromatic carbocycles. The predicted molar refractivity (Wildman–Crippen MR) is 57.7 cm³/mol. The lowest BCUT2D eigenvalue weighted by atomic mass is 9.95. The van der Waals surface area contributed by atoms with Gasteiger partial charge in [0, 0.05) is 12.6 Å². The maximum absolute atomic E-state index is 13.1. The number of amides is 1. The van der Waals surface area contributed by atoms with E-state index in [9.17, 15) is 26.7 Å². The number of hydrogen-bond acceptors (Lipinski definition) is 1. The molecule has 0 bridgehead atoms. The van der Waals surface area contributed by atoms with Crippen LogP contribution in [0.5, 0.6) is 0 Å². The zero-order valence-corrected chi connectivity index (χ0v) is 10.3. The van der Waals surface area contributed by atoms with Crippen LogP contribution in [0, 0.1) is 5.92 Å². The lowest BCUT2D eigenvalue weighted by Gasteiger charge is -2.32. The summed E-state index contributed by atoms with van der Waals surface area (Å²) in [6.45, 7) is 0.00562. The number of hydrogen-bond donors (Lipinski definition) is 0. The molecular weight excluding hydrogens is 269 g/mol. The maximum atomic E-state index is 13.1. The van der Waals surface area contributed by atoms with E-state index in [0.717, 1.165) is 30.6 Å². The van der Waals surface area contributed by atoms with Gasteiger partial charge in [0.1, 0.15) is 0 Å². The third-order valence-corrected chi connectivity index (χ3v) is 4.13. The first-order valence-electron chi connectivity index (χ1n) is 6.51. The molecule has 2 aliphatic rings. The van der Waals surface area contributed by atoms with E-state index in [4.69, 9.17) is 0 Å². The molecule has 19 heavy (non-hydrogen) atoms. The van der Waals surface area contributed by atoms with E-state index in [1.165, 1.54) is 0 Å². The van der Waals surface area contributed by atoms with Crippen LogP contribution in [0.3, 0.4) is 0 Å². The van der Waals surface area contributed by atoms with Gasteiger partial charge in [-0.3, -0.25) is 4.79 Å². The molecule has 2 rings (SSSR count). The van der Waals surface area contributed by atoms with E-state index in [0.29, 0.717) is 12.8 Å². The highest BCUT2D eigenvalue weighted by molar-refractivity contribution is 5.85. The van der Waals surface area contributed by atoms with Gasteiger partial charge >= 0.3 is 18.0 Å². The molecule has 1 saturated heterocycles. The molecule has 0 spiro atoms. The fourth-order valence-corrected chi connectivity index (χ4v) is 3.18. The van der Waals surface area contributed by atoms with Crippen molar-refractivity contribution in [2.24, 2.45) is 5.92 Å². The fourth-order valence-electron chi connectivity index (χ4n) is 3.18. The van der Waals surface area contributed by atoms with E-state index >= 15 is 0 Å². The first kappa shape index (κ1) is 14.5. The van der Waals surface area contributed by atoms with Gasteiger partial charge in [-0.15, -0.1) is 0 Å². The Hall–Kier alpha value is -0.880. The molecule has 1 heterocycles. The number of carbonyl (C=O) groups excluding carboxylic acids is 1. The number of alkyl halides is 5.